The van der Waals surface area contributed by atoms with Gasteiger partial charge in [0.1, 0.15) is 11.7 Å². The Hall–Kier alpha value is -1.42. The Morgan fingerprint density at radius 1 is 1.47 bits per heavy atom. The van der Waals surface area contributed by atoms with E-state index in [1.165, 1.54) is 6.07 Å². The standard InChI is InChI=1S/C12H13ClFN3/c1-2-7-6-11(15)16-17-12(7)8-3-4-10(14)9(13)5-8/h3-5,7H,2,6H2,1H3,(H2,15,16). The third kappa shape index (κ3) is 2.47. The summed E-state index contributed by atoms with van der Waals surface area (Å²) < 4.78 is 13.1. The van der Waals surface area contributed by atoms with Crippen molar-refractivity contribution in [2.45, 2.75) is 19.8 Å². The predicted octanol–water partition coefficient (Wildman–Crippen LogP) is 2.97. The van der Waals surface area contributed by atoms with Gasteiger partial charge in [-0.15, -0.1) is 5.10 Å². The molecule has 0 spiro atoms. The zero-order chi connectivity index (χ0) is 12.4. The molecule has 17 heavy (non-hydrogen) atoms. The van der Waals surface area contributed by atoms with Crippen LogP contribution in [0.25, 0.3) is 0 Å². The first-order chi connectivity index (χ1) is 8.11. The summed E-state index contributed by atoms with van der Waals surface area (Å²) in [6, 6.07) is 4.59. The van der Waals surface area contributed by atoms with Gasteiger partial charge in [0, 0.05) is 12.3 Å². The number of nitrogens with two attached hydrogens (primary N) is 1. The molecule has 3 nitrogen and oxygen atoms in total. The lowest BCUT2D eigenvalue weighted by molar-refractivity contribution is 0.627. The molecule has 5 heteroatoms. The first-order valence-corrected chi connectivity index (χ1v) is 5.85. The Kier molecular flexibility index (Phi) is 3.43. The Balaban J connectivity index is 2.40. The summed E-state index contributed by atoms with van der Waals surface area (Å²) in [6.07, 6.45) is 1.59. The van der Waals surface area contributed by atoms with Gasteiger partial charge in [0.2, 0.25) is 0 Å². The third-order valence-corrected chi connectivity index (χ3v) is 3.13. The van der Waals surface area contributed by atoms with Crippen molar-refractivity contribution in [2.24, 2.45) is 21.9 Å². The van der Waals surface area contributed by atoms with Gasteiger partial charge in [-0.05, 0) is 24.1 Å². The van der Waals surface area contributed by atoms with E-state index in [9.17, 15) is 4.39 Å². The SMILES string of the molecule is CCC1CC(N)=NN=C1c1ccc(F)c(Cl)c1. The fourth-order valence-electron chi connectivity index (χ4n) is 1.88. The molecule has 1 aromatic carbocycles. The molecule has 1 aromatic rings. The summed E-state index contributed by atoms with van der Waals surface area (Å²) in [5.41, 5.74) is 7.28. The van der Waals surface area contributed by atoms with Crippen molar-refractivity contribution in [3.05, 3.63) is 34.6 Å². The smallest absolute Gasteiger partial charge is 0.141 e. The second-order valence-corrected chi connectivity index (χ2v) is 4.42. The fraction of sp³-hybridized carbons (Fsp3) is 0.333. The zero-order valence-corrected chi connectivity index (χ0v) is 10.2. The molecule has 0 bridgehead atoms. The Bertz CT molecular complexity index is 497. The van der Waals surface area contributed by atoms with E-state index in [-0.39, 0.29) is 10.9 Å². The summed E-state index contributed by atoms with van der Waals surface area (Å²) >= 11 is 5.76. The number of halogens is 2. The quantitative estimate of drug-likeness (QED) is 0.866. The highest BCUT2D eigenvalue weighted by Crippen LogP contribution is 2.24. The van der Waals surface area contributed by atoms with Gasteiger partial charge in [0.25, 0.3) is 0 Å². The summed E-state index contributed by atoms with van der Waals surface area (Å²) in [5, 5.41) is 8.09. The van der Waals surface area contributed by atoms with Gasteiger partial charge in [-0.2, -0.15) is 5.10 Å². The van der Waals surface area contributed by atoms with Crippen molar-refractivity contribution in [1.29, 1.82) is 0 Å². The van der Waals surface area contributed by atoms with Crippen molar-refractivity contribution in [2.75, 3.05) is 0 Å². The summed E-state index contributed by atoms with van der Waals surface area (Å²) in [4.78, 5) is 0. The molecule has 1 atom stereocenters. The molecule has 1 heterocycles. The fourth-order valence-corrected chi connectivity index (χ4v) is 2.06. The van der Waals surface area contributed by atoms with E-state index in [1.807, 2.05) is 0 Å². The van der Waals surface area contributed by atoms with Crippen molar-refractivity contribution in [3.8, 4) is 0 Å². The van der Waals surface area contributed by atoms with E-state index in [0.29, 0.717) is 12.3 Å². The second kappa shape index (κ2) is 4.84. The maximum absolute atomic E-state index is 13.1. The molecule has 2 rings (SSSR count). The molecule has 0 fully saturated rings. The van der Waals surface area contributed by atoms with Crippen LogP contribution in [0.2, 0.25) is 5.02 Å². The molecule has 0 aliphatic carbocycles. The van der Waals surface area contributed by atoms with Crippen molar-refractivity contribution in [3.63, 3.8) is 0 Å². The molecule has 2 N–H and O–H groups in total. The van der Waals surface area contributed by atoms with Crippen molar-refractivity contribution in [1.82, 2.24) is 0 Å². The van der Waals surface area contributed by atoms with Crippen LogP contribution in [0.15, 0.2) is 28.4 Å². The average Bonchev–Trinajstić information content (AvgIpc) is 2.32. The molecule has 0 saturated heterocycles. The summed E-state index contributed by atoms with van der Waals surface area (Å²) in [5.74, 6) is 0.325. The van der Waals surface area contributed by atoms with Crippen LogP contribution in [0.4, 0.5) is 4.39 Å². The van der Waals surface area contributed by atoms with Crippen LogP contribution in [0.1, 0.15) is 25.3 Å². The number of hydrogen-bond donors (Lipinski definition) is 1. The number of hydrogen-bond acceptors (Lipinski definition) is 3. The maximum atomic E-state index is 13.1. The van der Waals surface area contributed by atoms with Crippen LogP contribution in [-0.2, 0) is 0 Å². The van der Waals surface area contributed by atoms with Gasteiger partial charge >= 0.3 is 0 Å². The highest BCUT2D eigenvalue weighted by molar-refractivity contribution is 6.31. The van der Waals surface area contributed by atoms with Crippen LogP contribution in [-0.4, -0.2) is 11.5 Å². The highest BCUT2D eigenvalue weighted by Gasteiger charge is 2.21. The normalized spacial score (nSPS) is 19.8. The predicted molar refractivity (Wildman–Crippen MR) is 68.0 cm³/mol. The zero-order valence-electron chi connectivity index (χ0n) is 9.45. The van der Waals surface area contributed by atoms with Crippen LogP contribution in [0, 0.1) is 11.7 Å². The Morgan fingerprint density at radius 3 is 2.88 bits per heavy atom. The monoisotopic (exact) mass is 253 g/mol. The third-order valence-electron chi connectivity index (χ3n) is 2.84. The summed E-state index contributed by atoms with van der Waals surface area (Å²) in [6.45, 7) is 2.06. The molecule has 0 radical (unpaired) electrons. The van der Waals surface area contributed by atoms with Gasteiger partial charge in [-0.3, -0.25) is 0 Å². The molecule has 0 amide bonds. The minimum Gasteiger partial charge on any atom is -0.386 e. The molecule has 1 unspecified atom stereocenters. The molecule has 1 aliphatic rings. The highest BCUT2D eigenvalue weighted by atomic mass is 35.5. The lowest BCUT2D eigenvalue weighted by Crippen LogP contribution is -2.26. The van der Waals surface area contributed by atoms with Gasteiger partial charge < -0.3 is 5.73 Å². The first-order valence-electron chi connectivity index (χ1n) is 5.47. The minimum atomic E-state index is -0.428. The molecular formula is C12H13ClFN3. The van der Waals surface area contributed by atoms with Gasteiger partial charge in [0.15, 0.2) is 0 Å². The molecule has 0 aromatic heterocycles. The average molecular weight is 254 g/mol. The topological polar surface area (TPSA) is 50.7 Å². The lowest BCUT2D eigenvalue weighted by atomic mass is 9.90. The lowest BCUT2D eigenvalue weighted by Gasteiger charge is -2.20. The van der Waals surface area contributed by atoms with E-state index in [4.69, 9.17) is 17.3 Å². The van der Waals surface area contributed by atoms with E-state index in [2.05, 4.69) is 17.1 Å². The van der Waals surface area contributed by atoms with E-state index in [0.717, 1.165) is 17.7 Å². The van der Waals surface area contributed by atoms with Gasteiger partial charge in [-0.1, -0.05) is 24.6 Å². The number of benzene rings is 1. The largest absolute Gasteiger partial charge is 0.386 e. The van der Waals surface area contributed by atoms with Crippen molar-refractivity contribution < 1.29 is 4.39 Å². The van der Waals surface area contributed by atoms with Gasteiger partial charge in [0.05, 0.1) is 10.7 Å². The van der Waals surface area contributed by atoms with Crippen molar-refractivity contribution >= 4 is 23.1 Å². The minimum absolute atomic E-state index is 0.0996. The van der Waals surface area contributed by atoms with Crippen LogP contribution >= 0.6 is 11.6 Å². The number of rotatable bonds is 2. The van der Waals surface area contributed by atoms with E-state index < -0.39 is 5.82 Å². The van der Waals surface area contributed by atoms with E-state index in [1.54, 1.807) is 12.1 Å². The second-order valence-electron chi connectivity index (χ2n) is 4.01. The number of nitrogens with zero attached hydrogens (tertiary/aromatic N) is 2. The molecule has 90 valence electrons. The number of amidine groups is 1. The molecule has 1 aliphatic heterocycles. The first kappa shape index (κ1) is 12.0. The maximum Gasteiger partial charge on any atom is 0.141 e. The summed E-state index contributed by atoms with van der Waals surface area (Å²) in [7, 11) is 0. The van der Waals surface area contributed by atoms with E-state index >= 15 is 0 Å². The van der Waals surface area contributed by atoms with Crippen LogP contribution in [0.3, 0.4) is 0 Å². The van der Waals surface area contributed by atoms with Gasteiger partial charge in [-0.25, -0.2) is 4.39 Å². The Labute approximate surface area is 104 Å². The molecular weight excluding hydrogens is 241 g/mol. The molecule has 0 saturated carbocycles. The Morgan fingerprint density at radius 2 is 2.24 bits per heavy atom. The van der Waals surface area contributed by atoms with Crippen LogP contribution < -0.4 is 5.73 Å². The van der Waals surface area contributed by atoms with Crippen LogP contribution in [0.5, 0.6) is 0 Å².